The molecular weight excluding hydrogens is 378 g/mol. The van der Waals surface area contributed by atoms with Gasteiger partial charge in [-0.3, -0.25) is 25.0 Å². The lowest BCUT2D eigenvalue weighted by Gasteiger charge is -2.26. The molecule has 0 radical (unpaired) electrons. The van der Waals surface area contributed by atoms with Crippen LogP contribution in [0.3, 0.4) is 0 Å². The molecule has 4 amide bonds. The van der Waals surface area contributed by atoms with Gasteiger partial charge in [0.15, 0.2) is 5.75 Å². The van der Waals surface area contributed by atoms with Gasteiger partial charge in [-0.1, -0.05) is 12.1 Å². The molecule has 0 spiro atoms. The Kier molecular flexibility index (Phi) is 5.14. The summed E-state index contributed by atoms with van der Waals surface area (Å²) in [6.07, 6.45) is 1.20. The van der Waals surface area contributed by atoms with Crippen LogP contribution < -0.4 is 15.0 Å². The number of urea groups is 1. The molecule has 2 aromatic carbocycles. The molecule has 9 heteroatoms. The summed E-state index contributed by atoms with van der Waals surface area (Å²) in [4.78, 5) is 48.9. The first-order chi connectivity index (χ1) is 13.7. The molecule has 0 aliphatic carbocycles. The number of hydrogen-bond acceptors (Lipinski definition) is 6. The van der Waals surface area contributed by atoms with Gasteiger partial charge in [-0.15, -0.1) is 0 Å². The highest BCUT2D eigenvalue weighted by Crippen LogP contribution is 2.29. The average molecular weight is 395 g/mol. The van der Waals surface area contributed by atoms with E-state index in [2.05, 4.69) is 5.32 Å². The summed E-state index contributed by atoms with van der Waals surface area (Å²) < 4.78 is 4.94. The molecule has 0 bridgehead atoms. The minimum atomic E-state index is -0.876. The number of nitrogens with one attached hydrogen (secondary N) is 1. The number of carbonyl (C=O) groups is 3. The molecule has 1 N–H and O–H groups in total. The second-order valence-corrected chi connectivity index (χ2v) is 6.41. The number of barbiturate groups is 1. The van der Waals surface area contributed by atoms with Crippen LogP contribution in [0.5, 0.6) is 5.75 Å². The van der Waals surface area contributed by atoms with Crippen LogP contribution in [0.15, 0.2) is 42.0 Å². The largest absolute Gasteiger partial charge is 0.490 e. The van der Waals surface area contributed by atoms with Crippen molar-refractivity contribution in [1.82, 2.24) is 5.32 Å². The maximum Gasteiger partial charge on any atom is 0.335 e. The van der Waals surface area contributed by atoms with Gasteiger partial charge in [0.1, 0.15) is 5.57 Å². The van der Waals surface area contributed by atoms with Crippen molar-refractivity contribution in [3.8, 4) is 5.75 Å². The van der Waals surface area contributed by atoms with Crippen LogP contribution in [0.2, 0.25) is 0 Å². The van der Waals surface area contributed by atoms with Gasteiger partial charge in [-0.05, 0) is 54.8 Å². The first-order valence-corrected chi connectivity index (χ1v) is 8.54. The van der Waals surface area contributed by atoms with E-state index < -0.39 is 22.8 Å². The fourth-order valence-corrected chi connectivity index (χ4v) is 2.86. The number of nitro groups is 1. The third-order valence-corrected chi connectivity index (χ3v) is 4.56. The summed E-state index contributed by atoms with van der Waals surface area (Å²) in [5.41, 5.74) is 1.78. The Morgan fingerprint density at radius 2 is 1.79 bits per heavy atom. The van der Waals surface area contributed by atoms with Crippen LogP contribution in [0.4, 0.5) is 16.2 Å². The van der Waals surface area contributed by atoms with Gasteiger partial charge < -0.3 is 4.74 Å². The number of nitrogens with zero attached hydrogens (tertiary/aromatic N) is 2. The van der Waals surface area contributed by atoms with E-state index in [0.717, 1.165) is 16.0 Å². The minimum Gasteiger partial charge on any atom is -0.490 e. The van der Waals surface area contributed by atoms with Crippen LogP contribution in [0.1, 0.15) is 16.7 Å². The molecule has 0 unspecified atom stereocenters. The molecule has 0 saturated carbocycles. The van der Waals surface area contributed by atoms with Gasteiger partial charge in [0.05, 0.1) is 17.7 Å². The monoisotopic (exact) mass is 395 g/mol. The molecule has 3 rings (SSSR count). The summed E-state index contributed by atoms with van der Waals surface area (Å²) in [7, 11) is 1.30. The van der Waals surface area contributed by atoms with Crippen molar-refractivity contribution in [2.24, 2.45) is 0 Å². The Morgan fingerprint density at radius 1 is 1.07 bits per heavy atom. The Balaban J connectivity index is 2.04. The standard InChI is InChI=1S/C20H17N3O6/c1-11-4-6-14(8-12(11)2)22-19(25)15(18(24)21-20(22)26)9-13-5-7-17(29-3)16(10-13)23(27)28/h4-10H,1-3H3,(H,21,24,26)/b15-9+. The first kappa shape index (κ1) is 19.7. The molecule has 1 heterocycles. The van der Waals surface area contributed by atoms with Gasteiger partial charge in [-0.25, -0.2) is 9.69 Å². The zero-order valence-corrected chi connectivity index (χ0v) is 15.9. The fraction of sp³-hybridized carbons (Fsp3) is 0.150. The normalized spacial score (nSPS) is 15.5. The molecule has 1 fully saturated rings. The third-order valence-electron chi connectivity index (χ3n) is 4.56. The summed E-state index contributed by atoms with van der Waals surface area (Å²) >= 11 is 0. The number of carbonyl (C=O) groups excluding carboxylic acids is 3. The minimum absolute atomic E-state index is 0.0449. The topological polar surface area (TPSA) is 119 Å². The van der Waals surface area contributed by atoms with Gasteiger partial charge in [0, 0.05) is 6.07 Å². The van der Waals surface area contributed by atoms with Crippen LogP contribution in [-0.4, -0.2) is 29.9 Å². The summed E-state index contributed by atoms with van der Waals surface area (Å²) in [5.74, 6) is -1.65. The van der Waals surface area contributed by atoms with Crippen molar-refractivity contribution in [1.29, 1.82) is 0 Å². The molecule has 9 nitrogen and oxygen atoms in total. The number of aryl methyl sites for hydroxylation is 2. The van der Waals surface area contributed by atoms with Crippen molar-refractivity contribution in [2.75, 3.05) is 12.0 Å². The van der Waals surface area contributed by atoms with Crippen molar-refractivity contribution in [3.63, 3.8) is 0 Å². The zero-order valence-electron chi connectivity index (χ0n) is 15.9. The molecule has 29 heavy (non-hydrogen) atoms. The predicted octanol–water partition coefficient (Wildman–Crippen LogP) is 2.89. The molecule has 148 valence electrons. The first-order valence-electron chi connectivity index (χ1n) is 8.54. The summed E-state index contributed by atoms with van der Waals surface area (Å²) in [5, 5.41) is 13.3. The van der Waals surface area contributed by atoms with E-state index in [0.29, 0.717) is 5.69 Å². The number of rotatable bonds is 4. The highest BCUT2D eigenvalue weighted by atomic mass is 16.6. The lowest BCUT2D eigenvalue weighted by Crippen LogP contribution is -2.54. The van der Waals surface area contributed by atoms with Gasteiger partial charge in [0.25, 0.3) is 11.8 Å². The smallest absolute Gasteiger partial charge is 0.335 e. The Labute approximate surface area is 165 Å². The van der Waals surface area contributed by atoms with Gasteiger partial charge in [0.2, 0.25) is 0 Å². The Hall–Kier alpha value is -4.01. The molecule has 0 atom stereocenters. The highest BCUT2D eigenvalue weighted by Gasteiger charge is 2.37. The van der Waals surface area contributed by atoms with Crippen molar-refractivity contribution in [3.05, 3.63) is 68.8 Å². The number of amides is 4. The van der Waals surface area contributed by atoms with Crippen LogP contribution >= 0.6 is 0 Å². The Bertz CT molecular complexity index is 1090. The number of nitro benzene ring substituents is 1. The summed E-state index contributed by atoms with van der Waals surface area (Å²) in [6.45, 7) is 3.73. The molecule has 1 aliphatic heterocycles. The van der Waals surface area contributed by atoms with E-state index in [-0.39, 0.29) is 22.6 Å². The zero-order chi connectivity index (χ0) is 21.3. The number of anilines is 1. The van der Waals surface area contributed by atoms with Crippen LogP contribution in [0.25, 0.3) is 6.08 Å². The second kappa shape index (κ2) is 7.55. The van der Waals surface area contributed by atoms with Crippen molar-refractivity contribution < 1.29 is 24.0 Å². The SMILES string of the molecule is COc1ccc(/C=C2\C(=O)NC(=O)N(c3ccc(C)c(C)c3)C2=O)cc1[N+](=O)[O-]. The number of methoxy groups -OCH3 is 1. The van der Waals surface area contributed by atoms with Crippen molar-refractivity contribution in [2.45, 2.75) is 13.8 Å². The van der Waals surface area contributed by atoms with E-state index in [4.69, 9.17) is 4.74 Å². The quantitative estimate of drug-likeness (QED) is 0.368. The van der Waals surface area contributed by atoms with E-state index in [1.54, 1.807) is 18.2 Å². The van der Waals surface area contributed by atoms with Crippen molar-refractivity contribution >= 4 is 35.3 Å². The molecule has 0 aromatic heterocycles. The number of benzene rings is 2. The molecule has 1 saturated heterocycles. The van der Waals surface area contributed by atoms with E-state index in [1.807, 2.05) is 13.8 Å². The summed E-state index contributed by atoms with van der Waals surface area (Å²) in [6, 6.07) is 8.18. The van der Waals surface area contributed by atoms with Crippen LogP contribution in [0, 0.1) is 24.0 Å². The highest BCUT2D eigenvalue weighted by molar-refractivity contribution is 6.39. The lowest BCUT2D eigenvalue weighted by molar-refractivity contribution is -0.385. The number of imide groups is 2. The van der Waals surface area contributed by atoms with Gasteiger partial charge >= 0.3 is 11.7 Å². The molecule has 1 aliphatic rings. The Morgan fingerprint density at radius 3 is 2.41 bits per heavy atom. The van der Waals surface area contributed by atoms with Gasteiger partial charge in [-0.2, -0.15) is 0 Å². The second-order valence-electron chi connectivity index (χ2n) is 6.41. The maximum atomic E-state index is 12.9. The van der Waals surface area contributed by atoms with E-state index >= 15 is 0 Å². The average Bonchev–Trinajstić information content (AvgIpc) is 2.67. The third kappa shape index (κ3) is 3.70. The number of ether oxygens (including phenoxy) is 1. The molecule has 2 aromatic rings. The maximum absolute atomic E-state index is 12.9. The van der Waals surface area contributed by atoms with E-state index in [1.165, 1.54) is 31.4 Å². The predicted molar refractivity (Wildman–Crippen MR) is 105 cm³/mol. The lowest BCUT2D eigenvalue weighted by atomic mass is 10.0. The number of hydrogen-bond donors (Lipinski definition) is 1. The van der Waals surface area contributed by atoms with E-state index in [9.17, 15) is 24.5 Å². The molecular formula is C20H17N3O6. The van der Waals surface area contributed by atoms with Crippen LogP contribution in [-0.2, 0) is 9.59 Å². The fourth-order valence-electron chi connectivity index (χ4n) is 2.86.